The van der Waals surface area contributed by atoms with Crippen LogP contribution in [-0.2, 0) is 0 Å². The third kappa shape index (κ3) is 5.06. The number of aromatic nitrogens is 2. The number of nitrogens with one attached hydrogen (secondary N) is 1. The van der Waals surface area contributed by atoms with Gasteiger partial charge in [-0.2, -0.15) is 0 Å². The molecule has 6 heteroatoms. The second-order valence-electron chi connectivity index (χ2n) is 5.55. The minimum absolute atomic E-state index is 0.0680. The molecule has 0 spiro atoms. The van der Waals surface area contributed by atoms with Crippen molar-refractivity contribution in [2.75, 3.05) is 20.6 Å². The summed E-state index contributed by atoms with van der Waals surface area (Å²) in [6.07, 6.45) is 2.36. The first-order valence-corrected chi connectivity index (χ1v) is 7.17. The van der Waals surface area contributed by atoms with Crippen molar-refractivity contribution in [2.24, 2.45) is 0 Å². The van der Waals surface area contributed by atoms with E-state index in [-0.39, 0.29) is 28.6 Å². The summed E-state index contributed by atoms with van der Waals surface area (Å²) in [5, 5.41) is 3.20. The summed E-state index contributed by atoms with van der Waals surface area (Å²) in [7, 11) is 4.01. The van der Waals surface area contributed by atoms with Crippen LogP contribution in [0.2, 0.25) is 5.02 Å². The van der Waals surface area contributed by atoms with Gasteiger partial charge in [0.25, 0.3) is 5.91 Å². The standard InChI is InChI=1S/C14H23ClN4O/c1-9(2)13-16-8-11(15)12(18-13)14(20)17-10(3)6-7-19(4)5/h8-10H,6-7H2,1-5H3,(H,17,20). The van der Waals surface area contributed by atoms with Crippen molar-refractivity contribution in [2.45, 2.75) is 39.2 Å². The zero-order valence-corrected chi connectivity index (χ0v) is 13.5. The fourth-order valence-corrected chi connectivity index (χ4v) is 1.81. The molecule has 112 valence electrons. The summed E-state index contributed by atoms with van der Waals surface area (Å²) in [5.74, 6) is 0.538. The van der Waals surface area contributed by atoms with Crippen LogP contribution in [0.5, 0.6) is 0 Å². The highest BCUT2D eigenvalue weighted by Gasteiger charge is 2.17. The molecule has 1 rings (SSSR count). The van der Waals surface area contributed by atoms with Gasteiger partial charge in [-0.15, -0.1) is 0 Å². The first-order valence-electron chi connectivity index (χ1n) is 6.79. The number of halogens is 1. The van der Waals surface area contributed by atoms with Gasteiger partial charge in [-0.1, -0.05) is 25.4 Å². The Morgan fingerprint density at radius 1 is 1.40 bits per heavy atom. The van der Waals surface area contributed by atoms with E-state index >= 15 is 0 Å². The van der Waals surface area contributed by atoms with Crippen molar-refractivity contribution < 1.29 is 4.79 Å². The second-order valence-corrected chi connectivity index (χ2v) is 5.95. The largest absolute Gasteiger partial charge is 0.348 e. The van der Waals surface area contributed by atoms with Crippen LogP contribution in [0.1, 0.15) is 49.4 Å². The Labute approximate surface area is 125 Å². The molecule has 0 aliphatic carbocycles. The van der Waals surface area contributed by atoms with Gasteiger partial charge in [0.05, 0.1) is 11.2 Å². The van der Waals surface area contributed by atoms with Gasteiger partial charge >= 0.3 is 0 Å². The van der Waals surface area contributed by atoms with E-state index in [1.807, 2.05) is 34.9 Å². The van der Waals surface area contributed by atoms with Crippen LogP contribution >= 0.6 is 11.6 Å². The topological polar surface area (TPSA) is 58.1 Å². The number of nitrogens with zero attached hydrogens (tertiary/aromatic N) is 3. The van der Waals surface area contributed by atoms with E-state index in [0.717, 1.165) is 13.0 Å². The number of carbonyl (C=O) groups is 1. The summed E-state index contributed by atoms with van der Waals surface area (Å²) in [5.41, 5.74) is 0.252. The first kappa shape index (κ1) is 16.9. The molecule has 0 bridgehead atoms. The Morgan fingerprint density at radius 2 is 2.05 bits per heavy atom. The molecule has 1 aromatic heterocycles. The Balaban J connectivity index is 2.74. The highest BCUT2D eigenvalue weighted by molar-refractivity contribution is 6.33. The molecule has 0 aliphatic rings. The minimum Gasteiger partial charge on any atom is -0.348 e. The third-order valence-electron chi connectivity index (χ3n) is 2.88. The molecule has 1 atom stereocenters. The Kier molecular flexibility index (Phi) is 6.36. The van der Waals surface area contributed by atoms with Gasteiger partial charge < -0.3 is 10.2 Å². The number of hydrogen-bond donors (Lipinski definition) is 1. The summed E-state index contributed by atoms with van der Waals surface area (Å²) in [4.78, 5) is 22.7. The lowest BCUT2D eigenvalue weighted by Gasteiger charge is -2.17. The summed E-state index contributed by atoms with van der Waals surface area (Å²) in [6, 6.07) is 0.0680. The van der Waals surface area contributed by atoms with Crippen LogP contribution < -0.4 is 5.32 Å². The first-order chi connectivity index (χ1) is 9.31. The van der Waals surface area contributed by atoms with Crippen LogP contribution in [0, 0.1) is 0 Å². The van der Waals surface area contributed by atoms with E-state index in [1.165, 1.54) is 6.20 Å². The lowest BCUT2D eigenvalue weighted by atomic mass is 10.2. The number of amides is 1. The predicted octanol–water partition coefficient (Wildman–Crippen LogP) is 2.32. The van der Waals surface area contributed by atoms with E-state index in [2.05, 4.69) is 20.2 Å². The lowest BCUT2D eigenvalue weighted by Crippen LogP contribution is -2.35. The highest BCUT2D eigenvalue weighted by Crippen LogP contribution is 2.16. The number of rotatable bonds is 6. The van der Waals surface area contributed by atoms with Crippen LogP contribution in [-0.4, -0.2) is 47.5 Å². The molecule has 0 aliphatic heterocycles. The molecule has 0 aromatic carbocycles. The van der Waals surface area contributed by atoms with Gasteiger partial charge in [-0.3, -0.25) is 4.79 Å². The van der Waals surface area contributed by atoms with Crippen LogP contribution in [0.4, 0.5) is 0 Å². The molecule has 1 aromatic rings. The maximum absolute atomic E-state index is 12.2. The molecular weight excluding hydrogens is 276 g/mol. The van der Waals surface area contributed by atoms with Crippen molar-refractivity contribution >= 4 is 17.5 Å². The molecule has 1 amide bonds. The summed E-state index contributed by atoms with van der Waals surface area (Å²) >= 11 is 6.01. The van der Waals surface area contributed by atoms with Gasteiger partial charge in [0.1, 0.15) is 11.5 Å². The molecule has 0 fully saturated rings. The van der Waals surface area contributed by atoms with Crippen molar-refractivity contribution in [3.63, 3.8) is 0 Å². The van der Waals surface area contributed by atoms with Crippen LogP contribution in [0.15, 0.2) is 6.20 Å². The fraction of sp³-hybridized carbons (Fsp3) is 0.643. The van der Waals surface area contributed by atoms with Gasteiger partial charge in [0.15, 0.2) is 0 Å². The Bertz CT molecular complexity index is 462. The molecule has 1 unspecified atom stereocenters. The molecular formula is C14H23ClN4O. The molecule has 0 radical (unpaired) electrons. The number of carbonyl (C=O) groups excluding carboxylic acids is 1. The number of hydrogen-bond acceptors (Lipinski definition) is 4. The van der Waals surface area contributed by atoms with E-state index < -0.39 is 0 Å². The average Bonchev–Trinajstić information content (AvgIpc) is 2.36. The van der Waals surface area contributed by atoms with E-state index in [1.54, 1.807) is 0 Å². The SMILES string of the molecule is CC(CCN(C)C)NC(=O)c1nc(C(C)C)ncc1Cl. The highest BCUT2D eigenvalue weighted by atomic mass is 35.5. The predicted molar refractivity (Wildman–Crippen MR) is 81.2 cm³/mol. The maximum Gasteiger partial charge on any atom is 0.271 e. The monoisotopic (exact) mass is 298 g/mol. The third-order valence-corrected chi connectivity index (χ3v) is 3.16. The van der Waals surface area contributed by atoms with E-state index in [0.29, 0.717) is 5.82 Å². The van der Waals surface area contributed by atoms with Crippen molar-refractivity contribution in [1.82, 2.24) is 20.2 Å². The molecule has 5 nitrogen and oxygen atoms in total. The zero-order valence-electron chi connectivity index (χ0n) is 12.8. The molecule has 1 heterocycles. The van der Waals surface area contributed by atoms with Crippen molar-refractivity contribution in [1.29, 1.82) is 0 Å². The smallest absolute Gasteiger partial charge is 0.271 e. The normalized spacial score (nSPS) is 12.8. The van der Waals surface area contributed by atoms with Gasteiger partial charge in [-0.05, 0) is 34.0 Å². The molecule has 0 saturated heterocycles. The quantitative estimate of drug-likeness (QED) is 0.875. The maximum atomic E-state index is 12.2. The Hall–Kier alpha value is -1.20. The summed E-state index contributed by atoms with van der Waals surface area (Å²) in [6.45, 7) is 6.84. The van der Waals surface area contributed by atoms with Crippen LogP contribution in [0.25, 0.3) is 0 Å². The lowest BCUT2D eigenvalue weighted by molar-refractivity contribution is 0.0931. The van der Waals surface area contributed by atoms with Gasteiger partial charge in [0, 0.05) is 12.0 Å². The average molecular weight is 299 g/mol. The van der Waals surface area contributed by atoms with Crippen molar-refractivity contribution in [3.05, 3.63) is 22.7 Å². The minimum atomic E-state index is -0.245. The molecule has 0 saturated carbocycles. The summed E-state index contributed by atoms with van der Waals surface area (Å²) < 4.78 is 0. The zero-order chi connectivity index (χ0) is 15.3. The molecule has 20 heavy (non-hydrogen) atoms. The van der Waals surface area contributed by atoms with Gasteiger partial charge in [0.2, 0.25) is 0 Å². The van der Waals surface area contributed by atoms with Crippen molar-refractivity contribution in [3.8, 4) is 0 Å². The fourth-order valence-electron chi connectivity index (χ4n) is 1.63. The van der Waals surface area contributed by atoms with Gasteiger partial charge in [-0.25, -0.2) is 9.97 Å². The van der Waals surface area contributed by atoms with E-state index in [4.69, 9.17) is 11.6 Å². The van der Waals surface area contributed by atoms with E-state index in [9.17, 15) is 4.79 Å². The van der Waals surface area contributed by atoms with Crippen LogP contribution in [0.3, 0.4) is 0 Å². The molecule has 1 N–H and O–H groups in total. The Morgan fingerprint density at radius 3 is 2.60 bits per heavy atom. The second kappa shape index (κ2) is 7.55.